The molecule has 0 amide bonds. The van der Waals surface area contributed by atoms with Crippen molar-refractivity contribution in [2.45, 2.75) is 23.9 Å². The number of nitrogens with zero attached hydrogens (tertiary/aromatic N) is 4. The van der Waals surface area contributed by atoms with E-state index in [1.165, 1.54) is 16.4 Å². The van der Waals surface area contributed by atoms with Gasteiger partial charge < -0.3 is 9.15 Å². The molecule has 5 rings (SSSR count). The minimum Gasteiger partial charge on any atom is -0.497 e. The summed E-state index contributed by atoms with van der Waals surface area (Å²) >= 11 is 1.17. The number of methoxy groups -OCH3 is 1. The number of aromatic nitrogens is 4. The minimum absolute atomic E-state index is 0.0672. The van der Waals surface area contributed by atoms with Crippen LogP contribution in [0, 0.1) is 0 Å². The van der Waals surface area contributed by atoms with Crippen molar-refractivity contribution in [3.63, 3.8) is 0 Å². The summed E-state index contributed by atoms with van der Waals surface area (Å²) in [6.45, 7) is 2.09. The summed E-state index contributed by atoms with van der Waals surface area (Å²) in [6, 6.07) is 23.8. The Kier molecular flexibility index (Phi) is 6.64. The standard InChI is InChI=1S/C27H22N4O4S/c1-17(24(32)19-12-14-20(34-2)15-13-19)36-27-29-28-25(35-27)23-21-10-6-7-11-22(21)26(33)31(30-23)16-18-8-4-3-5-9-18/h3-15,17H,16H2,1-2H3. The maximum Gasteiger partial charge on any atom is 0.277 e. The van der Waals surface area contributed by atoms with Crippen molar-refractivity contribution in [2.75, 3.05) is 7.11 Å². The van der Waals surface area contributed by atoms with Gasteiger partial charge in [0.1, 0.15) is 5.75 Å². The number of ether oxygens (including phenoxy) is 1. The van der Waals surface area contributed by atoms with Gasteiger partial charge in [0.25, 0.3) is 16.7 Å². The molecule has 36 heavy (non-hydrogen) atoms. The van der Waals surface area contributed by atoms with Crippen LogP contribution in [0.1, 0.15) is 22.8 Å². The molecule has 0 aliphatic heterocycles. The van der Waals surface area contributed by atoms with Crippen molar-refractivity contribution < 1.29 is 13.9 Å². The zero-order valence-corrected chi connectivity index (χ0v) is 20.4. The second kappa shape index (κ2) is 10.2. The van der Waals surface area contributed by atoms with E-state index in [1.54, 1.807) is 50.4 Å². The van der Waals surface area contributed by atoms with E-state index in [9.17, 15) is 9.59 Å². The highest BCUT2D eigenvalue weighted by Crippen LogP contribution is 2.30. The van der Waals surface area contributed by atoms with E-state index in [4.69, 9.17) is 9.15 Å². The molecule has 8 nitrogen and oxygen atoms in total. The Morgan fingerprint density at radius 2 is 1.67 bits per heavy atom. The number of carbonyl (C=O) groups excluding carboxylic acids is 1. The summed E-state index contributed by atoms with van der Waals surface area (Å²) in [7, 11) is 1.58. The van der Waals surface area contributed by atoms with E-state index >= 15 is 0 Å². The second-order valence-corrected chi connectivity index (χ2v) is 9.36. The van der Waals surface area contributed by atoms with Gasteiger partial charge in [-0.2, -0.15) is 5.10 Å². The summed E-state index contributed by atoms with van der Waals surface area (Å²) in [5, 5.41) is 13.8. The molecule has 0 saturated heterocycles. The van der Waals surface area contributed by atoms with E-state index in [-0.39, 0.29) is 22.5 Å². The second-order valence-electron chi connectivity index (χ2n) is 8.07. The zero-order chi connectivity index (χ0) is 25.1. The fourth-order valence-corrected chi connectivity index (χ4v) is 4.57. The van der Waals surface area contributed by atoms with Crippen LogP contribution >= 0.6 is 11.8 Å². The summed E-state index contributed by atoms with van der Waals surface area (Å²) in [6.07, 6.45) is 0. The minimum atomic E-state index is -0.455. The number of hydrogen-bond donors (Lipinski definition) is 0. The topological polar surface area (TPSA) is 100 Å². The third-order valence-electron chi connectivity index (χ3n) is 5.67. The zero-order valence-electron chi connectivity index (χ0n) is 19.6. The highest BCUT2D eigenvalue weighted by atomic mass is 32.2. The van der Waals surface area contributed by atoms with Gasteiger partial charge in [-0.15, -0.1) is 10.2 Å². The van der Waals surface area contributed by atoms with Crippen molar-refractivity contribution in [3.8, 4) is 17.3 Å². The summed E-state index contributed by atoms with van der Waals surface area (Å²) in [4.78, 5) is 26.0. The quantitative estimate of drug-likeness (QED) is 0.221. The Hall–Kier alpha value is -4.24. The predicted molar refractivity (Wildman–Crippen MR) is 137 cm³/mol. The van der Waals surface area contributed by atoms with Gasteiger partial charge in [0, 0.05) is 10.9 Å². The number of carbonyl (C=O) groups is 1. The molecule has 1 unspecified atom stereocenters. The van der Waals surface area contributed by atoms with Crippen LogP contribution in [-0.2, 0) is 6.54 Å². The molecule has 0 fully saturated rings. The van der Waals surface area contributed by atoms with Crippen molar-refractivity contribution in [1.82, 2.24) is 20.0 Å². The van der Waals surface area contributed by atoms with Crippen LogP contribution in [0.3, 0.4) is 0 Å². The van der Waals surface area contributed by atoms with Crippen molar-refractivity contribution in [2.24, 2.45) is 0 Å². The largest absolute Gasteiger partial charge is 0.497 e. The average molecular weight is 499 g/mol. The first-order valence-corrected chi connectivity index (χ1v) is 12.1. The van der Waals surface area contributed by atoms with E-state index in [0.717, 1.165) is 5.56 Å². The normalized spacial score (nSPS) is 11.9. The molecule has 0 bridgehead atoms. The van der Waals surface area contributed by atoms with Crippen LogP contribution in [0.2, 0.25) is 0 Å². The van der Waals surface area contributed by atoms with Gasteiger partial charge in [-0.3, -0.25) is 9.59 Å². The van der Waals surface area contributed by atoms with Crippen LogP contribution in [0.4, 0.5) is 0 Å². The van der Waals surface area contributed by atoms with E-state index in [2.05, 4.69) is 15.3 Å². The Bertz CT molecular complexity index is 1580. The first kappa shape index (κ1) is 23.5. The highest BCUT2D eigenvalue weighted by molar-refractivity contribution is 8.00. The summed E-state index contributed by atoms with van der Waals surface area (Å²) in [5.41, 5.74) is 1.72. The van der Waals surface area contributed by atoms with Gasteiger partial charge in [-0.25, -0.2) is 4.68 Å². The molecule has 180 valence electrons. The molecule has 0 spiro atoms. The smallest absolute Gasteiger partial charge is 0.277 e. The molecule has 0 saturated carbocycles. The lowest BCUT2D eigenvalue weighted by atomic mass is 10.1. The number of hydrogen-bond acceptors (Lipinski definition) is 8. The molecule has 0 N–H and O–H groups in total. The maximum atomic E-state index is 13.1. The molecule has 0 aliphatic rings. The summed E-state index contributed by atoms with van der Waals surface area (Å²) < 4.78 is 12.5. The lowest BCUT2D eigenvalue weighted by Gasteiger charge is -2.09. The van der Waals surface area contributed by atoms with Gasteiger partial charge in [0.05, 0.1) is 24.3 Å². The van der Waals surface area contributed by atoms with Crippen LogP contribution in [0.5, 0.6) is 5.75 Å². The van der Waals surface area contributed by atoms with E-state index < -0.39 is 5.25 Å². The van der Waals surface area contributed by atoms with Crippen molar-refractivity contribution in [3.05, 3.63) is 100 Å². The van der Waals surface area contributed by atoms with Crippen LogP contribution < -0.4 is 10.3 Å². The van der Waals surface area contributed by atoms with Gasteiger partial charge in [0.2, 0.25) is 0 Å². The Morgan fingerprint density at radius 1 is 0.972 bits per heavy atom. The molecule has 0 radical (unpaired) electrons. The molecule has 3 aromatic carbocycles. The Labute approximate surface area is 210 Å². The third kappa shape index (κ3) is 4.78. The number of rotatable bonds is 8. The summed E-state index contributed by atoms with van der Waals surface area (Å²) in [5.74, 6) is 0.795. The van der Waals surface area contributed by atoms with Gasteiger partial charge in [-0.05, 0) is 42.8 Å². The van der Waals surface area contributed by atoms with Crippen LogP contribution in [-0.4, -0.2) is 38.1 Å². The number of benzene rings is 3. The fraction of sp³-hybridized carbons (Fsp3) is 0.148. The first-order chi connectivity index (χ1) is 17.5. The van der Waals surface area contributed by atoms with Crippen LogP contribution in [0.15, 0.2) is 93.3 Å². The van der Waals surface area contributed by atoms with Gasteiger partial charge in [-0.1, -0.05) is 60.3 Å². The molecule has 1 atom stereocenters. The number of thioether (sulfide) groups is 1. The molecule has 0 aliphatic carbocycles. The molecule has 5 aromatic rings. The van der Waals surface area contributed by atoms with Gasteiger partial charge >= 0.3 is 0 Å². The molecule has 2 heterocycles. The van der Waals surface area contributed by atoms with Crippen LogP contribution in [0.25, 0.3) is 22.4 Å². The Morgan fingerprint density at radius 3 is 2.39 bits per heavy atom. The molecular weight excluding hydrogens is 476 g/mol. The molecule has 2 aromatic heterocycles. The highest BCUT2D eigenvalue weighted by Gasteiger charge is 2.22. The number of Topliss-reactive ketones (excluding diaryl/α,β-unsaturated/α-hetero) is 1. The lowest BCUT2D eigenvalue weighted by molar-refractivity contribution is 0.0993. The maximum absolute atomic E-state index is 13.1. The SMILES string of the molecule is COc1ccc(C(=O)C(C)Sc2nnc(-c3nn(Cc4ccccc4)c(=O)c4ccccc34)o2)cc1. The third-order valence-corrected chi connectivity index (χ3v) is 6.61. The Balaban J connectivity index is 1.44. The monoisotopic (exact) mass is 498 g/mol. The van der Waals surface area contributed by atoms with Crippen molar-refractivity contribution >= 4 is 28.3 Å². The number of fused-ring (bicyclic) bond motifs is 1. The molecule has 9 heteroatoms. The molecular formula is C27H22N4O4S. The lowest BCUT2D eigenvalue weighted by Crippen LogP contribution is -2.24. The average Bonchev–Trinajstić information content (AvgIpc) is 3.38. The van der Waals surface area contributed by atoms with Crippen molar-refractivity contribution in [1.29, 1.82) is 0 Å². The van der Waals surface area contributed by atoms with Gasteiger partial charge in [0.15, 0.2) is 11.5 Å². The number of ketones is 1. The predicted octanol–water partition coefficient (Wildman–Crippen LogP) is 4.87. The first-order valence-electron chi connectivity index (χ1n) is 11.3. The van der Waals surface area contributed by atoms with E-state index in [1.807, 2.05) is 42.5 Å². The van der Waals surface area contributed by atoms with E-state index in [0.29, 0.717) is 34.3 Å². The fourth-order valence-electron chi connectivity index (χ4n) is 3.80.